The summed E-state index contributed by atoms with van der Waals surface area (Å²) >= 11 is 0. The Morgan fingerprint density at radius 2 is 1.62 bits per heavy atom. The fourth-order valence-electron chi connectivity index (χ4n) is 2.93. The van der Waals surface area contributed by atoms with Crippen molar-refractivity contribution in [2.75, 3.05) is 26.2 Å². The molecule has 0 radical (unpaired) electrons. The van der Waals surface area contributed by atoms with E-state index in [1.165, 1.54) is 11.1 Å². The highest BCUT2D eigenvalue weighted by atomic mass is 16.2. The third kappa shape index (κ3) is 3.81. The largest absolute Gasteiger partial charge is 0.336 e. The summed E-state index contributed by atoms with van der Waals surface area (Å²) < 4.78 is 0. The molecule has 0 aliphatic carbocycles. The van der Waals surface area contributed by atoms with Gasteiger partial charge >= 0.3 is 0 Å². The third-order valence-corrected chi connectivity index (χ3v) is 4.45. The van der Waals surface area contributed by atoms with Gasteiger partial charge in [-0.3, -0.25) is 9.69 Å². The summed E-state index contributed by atoms with van der Waals surface area (Å²) in [7, 11) is 0. The number of benzene rings is 2. The van der Waals surface area contributed by atoms with E-state index in [2.05, 4.69) is 11.0 Å². The number of rotatable bonds is 3. The zero-order valence-corrected chi connectivity index (χ0v) is 13.9. The Morgan fingerprint density at radius 1 is 1.00 bits per heavy atom. The Kier molecular flexibility index (Phi) is 4.93. The number of aryl methyl sites for hydroxylation is 1. The van der Waals surface area contributed by atoms with Crippen molar-refractivity contribution in [1.82, 2.24) is 9.80 Å². The first kappa shape index (κ1) is 16.2. The van der Waals surface area contributed by atoms with Gasteiger partial charge in [0.15, 0.2) is 0 Å². The van der Waals surface area contributed by atoms with Crippen molar-refractivity contribution in [2.24, 2.45) is 0 Å². The number of hydrogen-bond donors (Lipinski definition) is 0. The maximum absolute atomic E-state index is 12.5. The number of nitriles is 1. The Morgan fingerprint density at radius 3 is 2.21 bits per heavy atom. The van der Waals surface area contributed by atoms with Crippen LogP contribution in [0, 0.1) is 18.3 Å². The molecular formula is C20H21N3O. The standard InChI is InChI=1S/C20H21N3O/c1-16-2-8-19(9-3-16)20(24)23-12-10-22(11-13-23)15-18-6-4-17(14-21)5-7-18/h2-9H,10-13,15H2,1H3. The first-order chi connectivity index (χ1) is 11.7. The van der Waals surface area contributed by atoms with Gasteiger partial charge in [0.1, 0.15) is 0 Å². The van der Waals surface area contributed by atoms with E-state index in [0.29, 0.717) is 5.56 Å². The highest BCUT2D eigenvalue weighted by Gasteiger charge is 2.22. The predicted octanol–water partition coefficient (Wildman–Crippen LogP) is 2.82. The molecule has 24 heavy (non-hydrogen) atoms. The summed E-state index contributed by atoms with van der Waals surface area (Å²) in [6.45, 7) is 6.13. The van der Waals surface area contributed by atoms with Gasteiger partial charge in [-0.1, -0.05) is 29.8 Å². The second kappa shape index (κ2) is 7.29. The summed E-state index contributed by atoms with van der Waals surface area (Å²) in [5, 5.41) is 8.84. The normalized spacial score (nSPS) is 15.1. The van der Waals surface area contributed by atoms with Gasteiger partial charge in [0.05, 0.1) is 11.6 Å². The molecule has 0 atom stereocenters. The van der Waals surface area contributed by atoms with E-state index < -0.39 is 0 Å². The van der Waals surface area contributed by atoms with Crippen molar-refractivity contribution in [3.63, 3.8) is 0 Å². The maximum atomic E-state index is 12.5. The number of amides is 1. The van der Waals surface area contributed by atoms with E-state index in [1.54, 1.807) is 0 Å². The highest BCUT2D eigenvalue weighted by Crippen LogP contribution is 2.13. The topological polar surface area (TPSA) is 47.3 Å². The number of carbonyl (C=O) groups excluding carboxylic acids is 1. The van der Waals surface area contributed by atoms with Crippen LogP contribution in [0.2, 0.25) is 0 Å². The predicted molar refractivity (Wildman–Crippen MR) is 93.5 cm³/mol. The summed E-state index contributed by atoms with van der Waals surface area (Å²) in [6, 6.07) is 17.6. The van der Waals surface area contributed by atoms with Crippen LogP contribution in [0.5, 0.6) is 0 Å². The van der Waals surface area contributed by atoms with Gasteiger partial charge in [0.2, 0.25) is 0 Å². The SMILES string of the molecule is Cc1ccc(C(=O)N2CCN(Cc3ccc(C#N)cc3)CC2)cc1. The Balaban J connectivity index is 1.54. The van der Waals surface area contributed by atoms with E-state index in [-0.39, 0.29) is 5.91 Å². The monoisotopic (exact) mass is 319 g/mol. The van der Waals surface area contributed by atoms with Gasteiger partial charge in [0, 0.05) is 38.3 Å². The molecule has 2 aromatic rings. The lowest BCUT2D eigenvalue weighted by Crippen LogP contribution is -2.48. The Labute approximate surface area is 142 Å². The smallest absolute Gasteiger partial charge is 0.253 e. The summed E-state index contributed by atoms with van der Waals surface area (Å²) in [5.41, 5.74) is 3.82. The Bertz CT molecular complexity index is 736. The summed E-state index contributed by atoms with van der Waals surface area (Å²) in [4.78, 5) is 16.8. The molecule has 1 fully saturated rings. The van der Waals surface area contributed by atoms with Crippen molar-refractivity contribution in [3.8, 4) is 6.07 Å². The third-order valence-electron chi connectivity index (χ3n) is 4.45. The van der Waals surface area contributed by atoms with Crippen LogP contribution in [0.3, 0.4) is 0 Å². The molecule has 1 saturated heterocycles. The minimum absolute atomic E-state index is 0.119. The van der Waals surface area contributed by atoms with E-state index >= 15 is 0 Å². The zero-order valence-electron chi connectivity index (χ0n) is 13.9. The Hall–Kier alpha value is -2.64. The van der Waals surface area contributed by atoms with Crippen molar-refractivity contribution in [2.45, 2.75) is 13.5 Å². The fraction of sp³-hybridized carbons (Fsp3) is 0.300. The molecule has 122 valence electrons. The van der Waals surface area contributed by atoms with Crippen LogP contribution in [0.15, 0.2) is 48.5 Å². The second-order valence-electron chi connectivity index (χ2n) is 6.24. The summed E-state index contributed by atoms with van der Waals surface area (Å²) in [6.07, 6.45) is 0. The average molecular weight is 319 g/mol. The minimum Gasteiger partial charge on any atom is -0.336 e. The van der Waals surface area contributed by atoms with Gasteiger partial charge in [-0.2, -0.15) is 5.26 Å². The molecule has 4 heteroatoms. The molecule has 1 amide bonds. The molecule has 1 heterocycles. The van der Waals surface area contributed by atoms with Crippen LogP contribution in [-0.2, 0) is 6.54 Å². The molecular weight excluding hydrogens is 298 g/mol. The van der Waals surface area contributed by atoms with Crippen molar-refractivity contribution >= 4 is 5.91 Å². The number of piperazine rings is 1. The molecule has 0 bridgehead atoms. The lowest BCUT2D eigenvalue weighted by molar-refractivity contribution is 0.0628. The molecule has 2 aromatic carbocycles. The second-order valence-corrected chi connectivity index (χ2v) is 6.24. The van der Waals surface area contributed by atoms with E-state index in [1.807, 2.05) is 60.4 Å². The number of hydrogen-bond acceptors (Lipinski definition) is 3. The fourth-order valence-corrected chi connectivity index (χ4v) is 2.93. The highest BCUT2D eigenvalue weighted by molar-refractivity contribution is 5.94. The van der Waals surface area contributed by atoms with Crippen LogP contribution < -0.4 is 0 Å². The van der Waals surface area contributed by atoms with Gasteiger partial charge in [-0.05, 0) is 36.8 Å². The quantitative estimate of drug-likeness (QED) is 0.874. The first-order valence-electron chi connectivity index (χ1n) is 8.23. The molecule has 0 unspecified atom stereocenters. The lowest BCUT2D eigenvalue weighted by atomic mass is 10.1. The van der Waals surface area contributed by atoms with Crippen LogP contribution >= 0.6 is 0 Å². The molecule has 3 rings (SSSR count). The molecule has 4 nitrogen and oxygen atoms in total. The molecule has 0 spiro atoms. The van der Waals surface area contributed by atoms with Crippen LogP contribution in [0.4, 0.5) is 0 Å². The molecule has 0 aromatic heterocycles. The molecule has 1 aliphatic rings. The molecule has 1 aliphatic heterocycles. The minimum atomic E-state index is 0.119. The van der Waals surface area contributed by atoms with E-state index in [0.717, 1.165) is 38.3 Å². The van der Waals surface area contributed by atoms with E-state index in [4.69, 9.17) is 5.26 Å². The maximum Gasteiger partial charge on any atom is 0.253 e. The van der Waals surface area contributed by atoms with Crippen LogP contribution in [-0.4, -0.2) is 41.9 Å². The number of carbonyl (C=O) groups is 1. The molecule has 0 saturated carbocycles. The van der Waals surface area contributed by atoms with Crippen molar-refractivity contribution in [1.29, 1.82) is 5.26 Å². The van der Waals surface area contributed by atoms with Gasteiger partial charge in [-0.15, -0.1) is 0 Å². The average Bonchev–Trinajstić information content (AvgIpc) is 2.63. The van der Waals surface area contributed by atoms with Gasteiger partial charge in [-0.25, -0.2) is 0 Å². The van der Waals surface area contributed by atoms with Crippen molar-refractivity contribution < 1.29 is 4.79 Å². The van der Waals surface area contributed by atoms with Gasteiger partial charge < -0.3 is 4.90 Å². The zero-order chi connectivity index (χ0) is 16.9. The van der Waals surface area contributed by atoms with E-state index in [9.17, 15) is 4.79 Å². The van der Waals surface area contributed by atoms with Crippen LogP contribution in [0.25, 0.3) is 0 Å². The lowest BCUT2D eigenvalue weighted by Gasteiger charge is -2.34. The molecule has 0 N–H and O–H groups in total. The number of nitrogens with zero attached hydrogens (tertiary/aromatic N) is 3. The summed E-state index contributed by atoms with van der Waals surface area (Å²) in [5.74, 6) is 0.119. The van der Waals surface area contributed by atoms with Crippen LogP contribution in [0.1, 0.15) is 27.0 Å². The van der Waals surface area contributed by atoms with Gasteiger partial charge in [0.25, 0.3) is 5.91 Å². The first-order valence-corrected chi connectivity index (χ1v) is 8.23. The van der Waals surface area contributed by atoms with Crippen molar-refractivity contribution in [3.05, 3.63) is 70.8 Å².